The van der Waals surface area contributed by atoms with E-state index in [4.69, 9.17) is 0 Å². The number of halogens is 1. The van der Waals surface area contributed by atoms with E-state index in [0.29, 0.717) is 16.7 Å². The van der Waals surface area contributed by atoms with Gasteiger partial charge < -0.3 is 15.2 Å². The van der Waals surface area contributed by atoms with Gasteiger partial charge >= 0.3 is 0 Å². The van der Waals surface area contributed by atoms with Crippen molar-refractivity contribution in [1.29, 1.82) is 0 Å². The first-order chi connectivity index (χ1) is 15.4. The summed E-state index contributed by atoms with van der Waals surface area (Å²) in [5.41, 5.74) is 0.533. The van der Waals surface area contributed by atoms with E-state index in [0.717, 1.165) is 37.0 Å². The number of carbonyl (C=O) groups excluding carboxylic acids is 2. The Balaban J connectivity index is 1.13. The summed E-state index contributed by atoms with van der Waals surface area (Å²) in [5.74, 6) is 2.59. The number of benzene rings is 1. The van der Waals surface area contributed by atoms with Gasteiger partial charge in [-0.15, -0.1) is 10.2 Å². The van der Waals surface area contributed by atoms with E-state index in [-0.39, 0.29) is 35.3 Å². The SMILES string of the molecule is Cn1c(CC(=O)Nc2ccc(F)cc2)nnc1SCC(=O)NC12CC3CC(CC(C3)C1)C2. The minimum absolute atomic E-state index is 0.00980. The van der Waals surface area contributed by atoms with Crippen LogP contribution in [0.15, 0.2) is 29.4 Å². The first kappa shape index (κ1) is 21.4. The second kappa shape index (κ2) is 8.50. The third kappa shape index (κ3) is 4.53. The number of thioether (sulfide) groups is 1. The minimum atomic E-state index is -0.356. The maximum absolute atomic E-state index is 13.0. The summed E-state index contributed by atoms with van der Waals surface area (Å²) in [5, 5.41) is 15.0. The predicted octanol–water partition coefficient (Wildman–Crippen LogP) is 3.31. The van der Waals surface area contributed by atoms with E-state index in [1.165, 1.54) is 55.3 Å². The van der Waals surface area contributed by atoms with Crippen LogP contribution in [-0.2, 0) is 23.1 Å². The molecule has 0 aliphatic heterocycles. The van der Waals surface area contributed by atoms with E-state index in [2.05, 4.69) is 20.8 Å². The second-order valence-electron chi connectivity index (χ2n) is 9.72. The van der Waals surface area contributed by atoms with Crippen molar-refractivity contribution in [1.82, 2.24) is 20.1 Å². The molecule has 170 valence electrons. The molecule has 4 saturated carbocycles. The van der Waals surface area contributed by atoms with Gasteiger partial charge in [-0.25, -0.2) is 4.39 Å². The number of hydrogen-bond donors (Lipinski definition) is 2. The highest BCUT2D eigenvalue weighted by Crippen LogP contribution is 2.55. The molecule has 0 radical (unpaired) electrons. The molecule has 2 amide bonds. The first-order valence-electron chi connectivity index (χ1n) is 11.2. The normalized spacial score (nSPS) is 28.0. The summed E-state index contributed by atoms with van der Waals surface area (Å²) in [6.45, 7) is 0. The average molecular weight is 458 g/mol. The Hall–Kier alpha value is -2.42. The number of anilines is 1. The molecule has 7 nitrogen and oxygen atoms in total. The number of nitrogens with one attached hydrogen (secondary N) is 2. The molecule has 32 heavy (non-hydrogen) atoms. The van der Waals surface area contributed by atoms with Crippen molar-refractivity contribution in [3.63, 3.8) is 0 Å². The smallest absolute Gasteiger partial charge is 0.232 e. The van der Waals surface area contributed by atoms with Crippen LogP contribution < -0.4 is 10.6 Å². The second-order valence-corrected chi connectivity index (χ2v) is 10.7. The number of carbonyl (C=O) groups is 2. The van der Waals surface area contributed by atoms with E-state index < -0.39 is 0 Å². The van der Waals surface area contributed by atoms with E-state index in [1.807, 2.05) is 0 Å². The summed E-state index contributed by atoms with van der Waals surface area (Å²) in [6, 6.07) is 5.60. The Labute approximate surface area is 190 Å². The molecule has 4 fully saturated rings. The van der Waals surface area contributed by atoms with Gasteiger partial charge in [-0.2, -0.15) is 0 Å². The number of amides is 2. The zero-order valence-electron chi connectivity index (χ0n) is 18.1. The molecule has 4 aliphatic rings. The van der Waals surface area contributed by atoms with E-state index in [1.54, 1.807) is 11.6 Å². The lowest BCUT2D eigenvalue weighted by atomic mass is 9.53. The zero-order valence-corrected chi connectivity index (χ0v) is 19.0. The summed E-state index contributed by atoms with van der Waals surface area (Å²) in [6.07, 6.45) is 7.48. The lowest BCUT2D eigenvalue weighted by molar-refractivity contribution is -0.124. The third-order valence-electron chi connectivity index (χ3n) is 7.15. The van der Waals surface area contributed by atoms with E-state index in [9.17, 15) is 14.0 Å². The summed E-state index contributed by atoms with van der Waals surface area (Å²) < 4.78 is 14.7. The maximum atomic E-state index is 13.0. The van der Waals surface area contributed by atoms with Crippen LogP contribution in [-0.4, -0.2) is 37.9 Å². The standard InChI is InChI=1S/C23H28FN5O2S/c1-29-19(9-20(30)25-18-4-2-17(24)3-5-18)27-28-22(29)32-13-21(31)26-23-10-14-6-15(11-23)8-16(7-14)12-23/h2-5,14-16H,6-13H2,1H3,(H,25,30)(H,26,31). The predicted molar refractivity (Wildman–Crippen MR) is 120 cm³/mol. The molecule has 0 spiro atoms. The molecular formula is C23H28FN5O2S. The highest BCUT2D eigenvalue weighted by Gasteiger charge is 2.51. The molecular weight excluding hydrogens is 429 g/mol. The van der Waals surface area contributed by atoms with Crippen molar-refractivity contribution >= 4 is 29.3 Å². The topological polar surface area (TPSA) is 88.9 Å². The van der Waals surface area contributed by atoms with Crippen molar-refractivity contribution in [2.24, 2.45) is 24.8 Å². The van der Waals surface area contributed by atoms with Crippen LogP contribution in [0.25, 0.3) is 0 Å². The summed E-state index contributed by atoms with van der Waals surface area (Å²) >= 11 is 1.34. The Bertz CT molecular complexity index is 987. The van der Waals surface area contributed by atoms with Gasteiger partial charge in [-0.05, 0) is 80.5 Å². The summed E-state index contributed by atoms with van der Waals surface area (Å²) in [4.78, 5) is 25.0. The van der Waals surface area contributed by atoms with Crippen molar-refractivity contribution in [3.8, 4) is 0 Å². The first-order valence-corrected chi connectivity index (χ1v) is 12.2. The molecule has 2 aromatic rings. The van der Waals surface area contributed by atoms with Crippen LogP contribution >= 0.6 is 11.8 Å². The third-order valence-corrected chi connectivity index (χ3v) is 8.17. The Morgan fingerprint density at radius 2 is 1.69 bits per heavy atom. The van der Waals surface area contributed by atoms with Gasteiger partial charge in [-0.3, -0.25) is 9.59 Å². The number of hydrogen-bond acceptors (Lipinski definition) is 5. The van der Waals surface area contributed by atoms with Gasteiger partial charge in [0.25, 0.3) is 0 Å². The fraction of sp³-hybridized carbons (Fsp3) is 0.565. The van der Waals surface area contributed by atoms with Gasteiger partial charge in [0.15, 0.2) is 5.16 Å². The van der Waals surface area contributed by atoms with Crippen LogP contribution in [0.1, 0.15) is 44.3 Å². The molecule has 0 saturated heterocycles. The molecule has 0 unspecified atom stereocenters. The molecule has 4 aliphatic carbocycles. The van der Waals surface area contributed by atoms with Gasteiger partial charge in [0.2, 0.25) is 11.8 Å². The van der Waals surface area contributed by atoms with Crippen molar-refractivity contribution in [3.05, 3.63) is 35.9 Å². The molecule has 6 rings (SSSR count). The van der Waals surface area contributed by atoms with Crippen LogP contribution in [0.2, 0.25) is 0 Å². The monoisotopic (exact) mass is 457 g/mol. The molecule has 1 aromatic carbocycles. The minimum Gasteiger partial charge on any atom is -0.350 e. The van der Waals surface area contributed by atoms with Crippen LogP contribution in [0.5, 0.6) is 0 Å². The molecule has 9 heteroatoms. The fourth-order valence-electron chi connectivity index (χ4n) is 6.23. The maximum Gasteiger partial charge on any atom is 0.232 e. The fourth-order valence-corrected chi connectivity index (χ4v) is 6.96. The molecule has 1 heterocycles. The Kier molecular flexibility index (Phi) is 5.69. The van der Waals surface area contributed by atoms with Gasteiger partial charge in [0.1, 0.15) is 11.6 Å². The lowest BCUT2D eigenvalue weighted by Crippen LogP contribution is -2.60. The van der Waals surface area contributed by atoms with Crippen LogP contribution in [0.3, 0.4) is 0 Å². The highest BCUT2D eigenvalue weighted by atomic mass is 32.2. The quantitative estimate of drug-likeness (QED) is 0.623. The molecule has 4 bridgehead atoms. The van der Waals surface area contributed by atoms with Crippen LogP contribution in [0, 0.1) is 23.6 Å². The average Bonchev–Trinajstić information content (AvgIpc) is 3.06. The van der Waals surface area contributed by atoms with Gasteiger partial charge in [-0.1, -0.05) is 11.8 Å². The van der Waals surface area contributed by atoms with Crippen LogP contribution in [0.4, 0.5) is 10.1 Å². The zero-order chi connectivity index (χ0) is 22.3. The lowest BCUT2D eigenvalue weighted by Gasteiger charge is -2.56. The molecule has 2 N–H and O–H groups in total. The highest BCUT2D eigenvalue weighted by molar-refractivity contribution is 7.99. The van der Waals surface area contributed by atoms with Gasteiger partial charge in [0, 0.05) is 18.3 Å². The Morgan fingerprint density at radius 1 is 1.06 bits per heavy atom. The molecule has 1 aromatic heterocycles. The summed E-state index contributed by atoms with van der Waals surface area (Å²) in [7, 11) is 1.79. The number of aromatic nitrogens is 3. The van der Waals surface area contributed by atoms with Crippen molar-refractivity contribution < 1.29 is 14.0 Å². The van der Waals surface area contributed by atoms with Gasteiger partial charge in [0.05, 0.1) is 12.2 Å². The molecule has 0 atom stereocenters. The van der Waals surface area contributed by atoms with E-state index >= 15 is 0 Å². The number of rotatable bonds is 7. The number of nitrogens with zero attached hydrogens (tertiary/aromatic N) is 3. The Morgan fingerprint density at radius 3 is 2.31 bits per heavy atom. The van der Waals surface area contributed by atoms with Crippen molar-refractivity contribution in [2.75, 3.05) is 11.1 Å². The van der Waals surface area contributed by atoms with Crippen molar-refractivity contribution in [2.45, 2.75) is 55.6 Å². The largest absolute Gasteiger partial charge is 0.350 e.